The number of rotatable bonds is 4. The molecular weight excluding hydrogens is 232 g/mol. The van der Waals surface area contributed by atoms with E-state index in [-0.39, 0.29) is 5.78 Å². The van der Waals surface area contributed by atoms with Gasteiger partial charge in [0.25, 0.3) is 0 Å². The second kappa shape index (κ2) is 5.96. The van der Waals surface area contributed by atoms with Gasteiger partial charge in [-0.2, -0.15) is 0 Å². The number of carbonyl (C=O) groups is 1. The normalized spacial score (nSPS) is 10.6. The molecule has 0 aliphatic rings. The van der Waals surface area contributed by atoms with E-state index < -0.39 is 0 Å². The summed E-state index contributed by atoms with van der Waals surface area (Å²) in [6.45, 7) is 5.73. The third-order valence-corrected chi connectivity index (χ3v) is 2.94. The zero-order valence-electron chi connectivity index (χ0n) is 11.0. The molecule has 1 heteroatoms. The highest BCUT2D eigenvalue weighted by molar-refractivity contribution is 6.06. The van der Waals surface area contributed by atoms with Crippen LogP contribution in [0.15, 0.2) is 61.2 Å². The maximum atomic E-state index is 12.0. The molecule has 0 N–H and O–H groups in total. The van der Waals surface area contributed by atoms with Gasteiger partial charge >= 0.3 is 0 Å². The van der Waals surface area contributed by atoms with Gasteiger partial charge in [-0.1, -0.05) is 72.8 Å². The SMILES string of the molecule is C=Cc1ccc(C(=O)C=Cc2ccc(C)cc2)cc1. The van der Waals surface area contributed by atoms with Crippen LogP contribution in [0.2, 0.25) is 0 Å². The first-order valence-corrected chi connectivity index (χ1v) is 6.20. The number of hydrogen-bond acceptors (Lipinski definition) is 1. The molecule has 0 atom stereocenters. The first kappa shape index (κ1) is 13.0. The summed E-state index contributed by atoms with van der Waals surface area (Å²) in [5.74, 6) is 0.0104. The molecule has 0 aromatic heterocycles. The zero-order valence-corrected chi connectivity index (χ0v) is 11.0. The summed E-state index contributed by atoms with van der Waals surface area (Å²) in [6.07, 6.45) is 5.20. The molecule has 0 aliphatic carbocycles. The number of benzene rings is 2. The first-order valence-electron chi connectivity index (χ1n) is 6.20. The van der Waals surface area contributed by atoms with Gasteiger partial charge in [-0.05, 0) is 24.1 Å². The van der Waals surface area contributed by atoms with Crippen LogP contribution < -0.4 is 0 Å². The Balaban J connectivity index is 2.11. The Morgan fingerprint density at radius 1 is 0.947 bits per heavy atom. The van der Waals surface area contributed by atoms with E-state index in [1.165, 1.54) is 5.56 Å². The van der Waals surface area contributed by atoms with Gasteiger partial charge in [0.15, 0.2) is 5.78 Å². The van der Waals surface area contributed by atoms with Crippen molar-refractivity contribution in [3.8, 4) is 0 Å². The molecule has 94 valence electrons. The van der Waals surface area contributed by atoms with Crippen LogP contribution in [0.4, 0.5) is 0 Å². The fraction of sp³-hybridized carbons (Fsp3) is 0.0556. The first-order chi connectivity index (χ1) is 9.19. The molecule has 0 spiro atoms. The second-order valence-corrected chi connectivity index (χ2v) is 4.43. The summed E-state index contributed by atoms with van der Waals surface area (Å²) >= 11 is 0. The second-order valence-electron chi connectivity index (χ2n) is 4.43. The standard InChI is InChI=1S/C18H16O/c1-3-15-8-11-17(12-9-15)18(19)13-10-16-6-4-14(2)5-7-16/h3-13H,1H2,2H3. The summed E-state index contributed by atoms with van der Waals surface area (Å²) in [5, 5.41) is 0. The Morgan fingerprint density at radius 2 is 1.53 bits per heavy atom. The fourth-order valence-electron chi connectivity index (χ4n) is 1.73. The van der Waals surface area contributed by atoms with E-state index in [2.05, 4.69) is 6.58 Å². The molecule has 0 amide bonds. The Morgan fingerprint density at radius 3 is 2.11 bits per heavy atom. The van der Waals surface area contributed by atoms with E-state index in [9.17, 15) is 4.79 Å². The lowest BCUT2D eigenvalue weighted by Gasteiger charge is -1.98. The molecule has 2 aromatic carbocycles. The summed E-state index contributed by atoms with van der Waals surface area (Å²) in [5.41, 5.74) is 3.94. The molecular formula is C18H16O. The van der Waals surface area contributed by atoms with Gasteiger partial charge in [0.05, 0.1) is 0 Å². The molecule has 1 nitrogen and oxygen atoms in total. The quantitative estimate of drug-likeness (QED) is 0.573. The Bertz CT molecular complexity index is 601. The van der Waals surface area contributed by atoms with Crippen molar-refractivity contribution in [3.63, 3.8) is 0 Å². The third kappa shape index (κ3) is 3.52. The molecule has 0 saturated heterocycles. The smallest absolute Gasteiger partial charge is 0.185 e. The van der Waals surface area contributed by atoms with E-state index in [4.69, 9.17) is 0 Å². The van der Waals surface area contributed by atoms with Crippen molar-refractivity contribution in [2.45, 2.75) is 6.92 Å². The van der Waals surface area contributed by atoms with Crippen LogP contribution in [0.5, 0.6) is 0 Å². The lowest BCUT2D eigenvalue weighted by atomic mass is 10.1. The lowest BCUT2D eigenvalue weighted by molar-refractivity contribution is 0.104. The van der Waals surface area contributed by atoms with E-state index >= 15 is 0 Å². The molecule has 0 fully saturated rings. The molecule has 0 unspecified atom stereocenters. The van der Waals surface area contributed by atoms with Crippen LogP contribution >= 0.6 is 0 Å². The van der Waals surface area contributed by atoms with Crippen LogP contribution in [0.3, 0.4) is 0 Å². The third-order valence-electron chi connectivity index (χ3n) is 2.94. The van der Waals surface area contributed by atoms with Crippen molar-refractivity contribution in [1.82, 2.24) is 0 Å². The molecule has 19 heavy (non-hydrogen) atoms. The highest BCUT2D eigenvalue weighted by Crippen LogP contribution is 2.09. The van der Waals surface area contributed by atoms with Gasteiger partial charge < -0.3 is 0 Å². The summed E-state index contributed by atoms with van der Waals surface area (Å²) in [4.78, 5) is 12.0. The van der Waals surface area contributed by atoms with Crippen LogP contribution in [-0.4, -0.2) is 5.78 Å². The van der Waals surface area contributed by atoms with Crippen molar-refractivity contribution in [2.75, 3.05) is 0 Å². The topological polar surface area (TPSA) is 17.1 Å². The van der Waals surface area contributed by atoms with Crippen LogP contribution in [-0.2, 0) is 0 Å². The van der Waals surface area contributed by atoms with Crippen molar-refractivity contribution in [1.29, 1.82) is 0 Å². The highest BCUT2D eigenvalue weighted by Gasteiger charge is 2.00. The van der Waals surface area contributed by atoms with Crippen LogP contribution in [0, 0.1) is 6.92 Å². The van der Waals surface area contributed by atoms with Gasteiger partial charge in [0, 0.05) is 5.56 Å². The number of carbonyl (C=O) groups excluding carboxylic acids is 1. The van der Waals surface area contributed by atoms with Crippen LogP contribution in [0.25, 0.3) is 12.2 Å². The van der Waals surface area contributed by atoms with Crippen molar-refractivity contribution < 1.29 is 4.79 Å². The Kier molecular flexibility index (Phi) is 4.09. The maximum absolute atomic E-state index is 12.0. The zero-order chi connectivity index (χ0) is 13.7. The molecule has 0 heterocycles. The van der Waals surface area contributed by atoms with Crippen LogP contribution in [0.1, 0.15) is 27.0 Å². The minimum atomic E-state index is 0.0104. The number of hydrogen-bond donors (Lipinski definition) is 0. The molecule has 0 radical (unpaired) electrons. The molecule has 0 saturated carbocycles. The summed E-state index contributed by atoms with van der Waals surface area (Å²) in [6, 6.07) is 15.5. The Hall–Kier alpha value is -2.41. The van der Waals surface area contributed by atoms with Gasteiger partial charge in [-0.25, -0.2) is 0 Å². The van der Waals surface area contributed by atoms with Gasteiger partial charge in [0.2, 0.25) is 0 Å². The molecule has 0 aliphatic heterocycles. The van der Waals surface area contributed by atoms with Crippen molar-refractivity contribution >= 4 is 17.9 Å². The maximum Gasteiger partial charge on any atom is 0.185 e. The predicted molar refractivity (Wildman–Crippen MR) is 81.1 cm³/mol. The van der Waals surface area contributed by atoms with Crippen molar-refractivity contribution in [2.24, 2.45) is 0 Å². The number of allylic oxidation sites excluding steroid dienone is 1. The monoisotopic (exact) mass is 248 g/mol. The fourth-order valence-corrected chi connectivity index (χ4v) is 1.73. The van der Waals surface area contributed by atoms with E-state index in [0.717, 1.165) is 11.1 Å². The largest absolute Gasteiger partial charge is 0.289 e. The molecule has 2 rings (SSSR count). The molecule has 0 bridgehead atoms. The van der Waals surface area contributed by atoms with Gasteiger partial charge in [-0.3, -0.25) is 4.79 Å². The summed E-state index contributed by atoms with van der Waals surface area (Å²) < 4.78 is 0. The number of ketones is 1. The Labute approximate surface area is 113 Å². The highest BCUT2D eigenvalue weighted by atomic mass is 16.1. The van der Waals surface area contributed by atoms with Gasteiger partial charge in [0.1, 0.15) is 0 Å². The predicted octanol–water partition coefficient (Wildman–Crippen LogP) is 4.53. The van der Waals surface area contributed by atoms with Crippen molar-refractivity contribution in [3.05, 3.63) is 83.4 Å². The van der Waals surface area contributed by atoms with E-state index in [0.29, 0.717) is 5.56 Å². The average Bonchev–Trinajstić information content (AvgIpc) is 2.46. The molecule has 2 aromatic rings. The van der Waals surface area contributed by atoms with Gasteiger partial charge in [-0.15, -0.1) is 0 Å². The minimum Gasteiger partial charge on any atom is -0.289 e. The van der Waals surface area contributed by atoms with E-state index in [1.54, 1.807) is 12.2 Å². The van der Waals surface area contributed by atoms with E-state index in [1.807, 2.05) is 61.5 Å². The minimum absolute atomic E-state index is 0.0104. The summed E-state index contributed by atoms with van der Waals surface area (Å²) in [7, 11) is 0. The lowest BCUT2D eigenvalue weighted by Crippen LogP contribution is -1.93. The average molecular weight is 248 g/mol. The number of aryl methyl sites for hydroxylation is 1.